The molecule has 2 heterocycles. The molecule has 0 aromatic carbocycles. The van der Waals surface area contributed by atoms with E-state index in [1.807, 2.05) is 13.8 Å². The standard InChI is InChI=1S/C19H25ClN4O5/c1-11(2)7-8-19(4)17(27)24(18(28)23-19)10-15(25)29-12(3)16(26)22-14-6-5-13(20)9-21-14/h5-6,9,11-12H,7-8,10H2,1-4H3,(H,23,28)(H,21,22,26)/t12-,19-/m1/s1. The molecule has 1 fully saturated rings. The number of hydrogen-bond acceptors (Lipinski definition) is 6. The van der Waals surface area contributed by atoms with E-state index in [1.54, 1.807) is 13.0 Å². The van der Waals surface area contributed by atoms with E-state index < -0.39 is 42.0 Å². The summed E-state index contributed by atoms with van der Waals surface area (Å²) in [5, 5.41) is 5.53. The number of esters is 1. The van der Waals surface area contributed by atoms with Gasteiger partial charge in [-0.05, 0) is 44.7 Å². The van der Waals surface area contributed by atoms with E-state index >= 15 is 0 Å². The summed E-state index contributed by atoms with van der Waals surface area (Å²) in [4.78, 5) is 53.8. The number of amides is 4. The zero-order chi connectivity index (χ0) is 21.8. The van der Waals surface area contributed by atoms with Crippen molar-refractivity contribution in [3.8, 4) is 0 Å². The van der Waals surface area contributed by atoms with Crippen molar-refractivity contribution in [2.24, 2.45) is 5.92 Å². The Balaban J connectivity index is 1.90. The van der Waals surface area contributed by atoms with Gasteiger partial charge in [-0.1, -0.05) is 25.4 Å². The zero-order valence-corrected chi connectivity index (χ0v) is 17.6. The van der Waals surface area contributed by atoms with E-state index in [9.17, 15) is 19.2 Å². The number of carbonyl (C=O) groups excluding carboxylic acids is 4. The molecule has 0 saturated carbocycles. The van der Waals surface area contributed by atoms with Crippen molar-refractivity contribution in [3.05, 3.63) is 23.4 Å². The minimum atomic E-state index is -1.15. The normalized spacial score (nSPS) is 19.9. The third-order valence-electron chi connectivity index (χ3n) is 4.51. The molecule has 10 heteroatoms. The van der Waals surface area contributed by atoms with Crippen molar-refractivity contribution in [2.75, 3.05) is 11.9 Å². The van der Waals surface area contributed by atoms with Crippen LogP contribution in [0.3, 0.4) is 0 Å². The molecule has 0 aliphatic carbocycles. The first-order valence-corrected chi connectivity index (χ1v) is 9.65. The molecule has 1 aliphatic rings. The molecule has 158 valence electrons. The number of anilines is 1. The predicted molar refractivity (Wildman–Crippen MR) is 106 cm³/mol. The number of urea groups is 1. The number of aromatic nitrogens is 1. The summed E-state index contributed by atoms with van der Waals surface area (Å²) in [5.41, 5.74) is -1.05. The van der Waals surface area contributed by atoms with Gasteiger partial charge < -0.3 is 15.4 Å². The van der Waals surface area contributed by atoms with Gasteiger partial charge in [0.05, 0.1) is 5.02 Å². The minimum Gasteiger partial charge on any atom is -0.451 e. The van der Waals surface area contributed by atoms with Gasteiger partial charge in [0.25, 0.3) is 11.8 Å². The smallest absolute Gasteiger partial charge is 0.327 e. The van der Waals surface area contributed by atoms with Gasteiger partial charge in [-0.15, -0.1) is 0 Å². The monoisotopic (exact) mass is 424 g/mol. The summed E-state index contributed by atoms with van der Waals surface area (Å²) in [6.45, 7) is 6.48. The molecule has 2 rings (SSSR count). The maximum absolute atomic E-state index is 12.6. The highest BCUT2D eigenvalue weighted by Crippen LogP contribution is 2.24. The van der Waals surface area contributed by atoms with Crippen molar-refractivity contribution >= 4 is 41.2 Å². The Hall–Kier alpha value is -2.68. The van der Waals surface area contributed by atoms with Crippen LogP contribution in [-0.2, 0) is 19.1 Å². The van der Waals surface area contributed by atoms with Crippen LogP contribution < -0.4 is 10.6 Å². The number of carbonyl (C=O) groups is 4. The van der Waals surface area contributed by atoms with Gasteiger partial charge in [-0.25, -0.2) is 9.78 Å². The first-order chi connectivity index (χ1) is 13.5. The summed E-state index contributed by atoms with van der Waals surface area (Å²) < 4.78 is 5.05. The fraction of sp³-hybridized carbons (Fsp3) is 0.526. The van der Waals surface area contributed by atoms with Crippen LogP contribution in [0.15, 0.2) is 18.3 Å². The second kappa shape index (κ2) is 9.21. The highest BCUT2D eigenvalue weighted by atomic mass is 35.5. The summed E-state index contributed by atoms with van der Waals surface area (Å²) >= 11 is 5.73. The lowest BCUT2D eigenvalue weighted by Gasteiger charge is -2.22. The molecule has 0 bridgehead atoms. The van der Waals surface area contributed by atoms with E-state index in [4.69, 9.17) is 16.3 Å². The summed E-state index contributed by atoms with van der Waals surface area (Å²) in [6.07, 6.45) is 1.43. The number of nitrogens with one attached hydrogen (secondary N) is 2. The van der Waals surface area contributed by atoms with E-state index in [0.717, 1.165) is 11.3 Å². The average Bonchev–Trinajstić information content (AvgIpc) is 2.85. The van der Waals surface area contributed by atoms with E-state index in [-0.39, 0.29) is 5.82 Å². The number of nitrogens with zero attached hydrogens (tertiary/aromatic N) is 2. The molecule has 1 saturated heterocycles. The van der Waals surface area contributed by atoms with Gasteiger partial charge in [-0.2, -0.15) is 0 Å². The van der Waals surface area contributed by atoms with Crippen LogP contribution in [0.4, 0.5) is 10.6 Å². The van der Waals surface area contributed by atoms with Crippen LogP contribution in [0.2, 0.25) is 5.02 Å². The lowest BCUT2D eigenvalue weighted by Crippen LogP contribution is -2.44. The molecule has 0 unspecified atom stereocenters. The first-order valence-electron chi connectivity index (χ1n) is 9.28. The fourth-order valence-electron chi connectivity index (χ4n) is 2.73. The van der Waals surface area contributed by atoms with Crippen molar-refractivity contribution in [2.45, 2.75) is 52.2 Å². The third-order valence-corrected chi connectivity index (χ3v) is 4.73. The quantitative estimate of drug-likeness (QED) is 0.488. The zero-order valence-electron chi connectivity index (χ0n) is 16.8. The molecular weight excluding hydrogens is 400 g/mol. The van der Waals surface area contributed by atoms with Crippen LogP contribution in [0.5, 0.6) is 0 Å². The number of pyridine rings is 1. The maximum atomic E-state index is 12.6. The van der Waals surface area contributed by atoms with Crippen molar-refractivity contribution in [3.63, 3.8) is 0 Å². The topological polar surface area (TPSA) is 118 Å². The van der Waals surface area contributed by atoms with Crippen LogP contribution in [0.25, 0.3) is 0 Å². The second-order valence-corrected chi connectivity index (χ2v) is 8.01. The number of rotatable bonds is 8. The van der Waals surface area contributed by atoms with Crippen LogP contribution in [0.1, 0.15) is 40.5 Å². The van der Waals surface area contributed by atoms with Crippen LogP contribution in [0, 0.1) is 5.92 Å². The minimum absolute atomic E-state index is 0.248. The van der Waals surface area contributed by atoms with Crippen molar-refractivity contribution in [1.82, 2.24) is 15.2 Å². The number of hydrogen-bond donors (Lipinski definition) is 2. The number of ether oxygens (including phenoxy) is 1. The average molecular weight is 425 g/mol. The Kier molecular flexibility index (Phi) is 7.18. The molecule has 1 aromatic rings. The number of halogens is 1. The summed E-state index contributed by atoms with van der Waals surface area (Å²) in [6, 6.07) is 2.40. The predicted octanol–water partition coefficient (Wildman–Crippen LogP) is 2.35. The SMILES string of the molecule is CC(C)CC[C@@]1(C)NC(=O)N(CC(=O)O[C@H](C)C(=O)Nc2ccc(Cl)cn2)C1=O. The molecular formula is C19H25ClN4O5. The van der Waals surface area contributed by atoms with Gasteiger partial charge in [0.1, 0.15) is 17.9 Å². The highest BCUT2D eigenvalue weighted by Gasteiger charge is 2.48. The molecule has 29 heavy (non-hydrogen) atoms. The summed E-state index contributed by atoms with van der Waals surface area (Å²) in [7, 11) is 0. The maximum Gasteiger partial charge on any atom is 0.327 e. The third kappa shape index (κ3) is 5.90. The Labute approximate surface area is 174 Å². The second-order valence-electron chi connectivity index (χ2n) is 7.57. The van der Waals surface area contributed by atoms with Crippen LogP contribution >= 0.6 is 11.6 Å². The number of imide groups is 1. The van der Waals surface area contributed by atoms with Gasteiger partial charge in [0, 0.05) is 6.20 Å². The molecule has 1 aromatic heterocycles. The fourth-order valence-corrected chi connectivity index (χ4v) is 2.84. The first kappa shape index (κ1) is 22.6. The van der Waals surface area contributed by atoms with Gasteiger partial charge >= 0.3 is 12.0 Å². The van der Waals surface area contributed by atoms with Crippen LogP contribution in [-0.4, -0.2) is 51.9 Å². The van der Waals surface area contributed by atoms with E-state index in [2.05, 4.69) is 15.6 Å². The van der Waals surface area contributed by atoms with E-state index in [1.165, 1.54) is 19.2 Å². The Morgan fingerprint density at radius 1 is 1.31 bits per heavy atom. The Morgan fingerprint density at radius 3 is 2.59 bits per heavy atom. The Morgan fingerprint density at radius 2 is 2.00 bits per heavy atom. The van der Waals surface area contributed by atoms with Crippen molar-refractivity contribution in [1.29, 1.82) is 0 Å². The van der Waals surface area contributed by atoms with E-state index in [0.29, 0.717) is 17.4 Å². The lowest BCUT2D eigenvalue weighted by molar-refractivity contribution is -0.155. The molecule has 1 aliphatic heterocycles. The van der Waals surface area contributed by atoms with Crippen molar-refractivity contribution < 1.29 is 23.9 Å². The van der Waals surface area contributed by atoms with Gasteiger partial charge in [0.2, 0.25) is 0 Å². The lowest BCUT2D eigenvalue weighted by atomic mass is 9.92. The molecule has 0 spiro atoms. The van der Waals surface area contributed by atoms with Gasteiger partial charge in [0.15, 0.2) is 6.10 Å². The molecule has 9 nitrogen and oxygen atoms in total. The summed E-state index contributed by atoms with van der Waals surface area (Å²) in [5.74, 6) is -1.34. The molecule has 2 N–H and O–H groups in total. The Bertz CT molecular complexity index is 798. The highest BCUT2D eigenvalue weighted by molar-refractivity contribution is 6.30. The van der Waals surface area contributed by atoms with Gasteiger partial charge in [-0.3, -0.25) is 19.3 Å². The molecule has 2 atom stereocenters. The molecule has 0 radical (unpaired) electrons. The largest absolute Gasteiger partial charge is 0.451 e. The molecule has 4 amide bonds.